The van der Waals surface area contributed by atoms with E-state index in [4.69, 9.17) is 9.84 Å². The van der Waals surface area contributed by atoms with Crippen LogP contribution in [0.2, 0.25) is 0 Å². The van der Waals surface area contributed by atoms with Gasteiger partial charge in [0.05, 0.1) is 12.7 Å². The minimum absolute atomic E-state index is 0.0228. The van der Waals surface area contributed by atoms with Gasteiger partial charge in [-0.3, -0.25) is 4.79 Å². The predicted octanol–water partition coefficient (Wildman–Crippen LogP) is 4.66. The number of carboxylic acids is 1. The van der Waals surface area contributed by atoms with E-state index in [1.54, 1.807) is 19.9 Å². The third kappa shape index (κ3) is 16.0. The van der Waals surface area contributed by atoms with Crippen LogP contribution in [-0.4, -0.2) is 74.3 Å². The van der Waals surface area contributed by atoms with Gasteiger partial charge in [-0.05, 0) is 32.8 Å². The third-order valence-electron chi connectivity index (χ3n) is 7.20. The number of Topliss-reactive ketones (excluding diaryl/α,β-unsaturated/α-hetero) is 1. The summed E-state index contributed by atoms with van der Waals surface area (Å²) in [5, 5.41) is 48.0. The molecule has 0 bridgehead atoms. The molecule has 0 aliphatic heterocycles. The minimum atomic E-state index is -2.24. The first-order valence-corrected chi connectivity index (χ1v) is 14.9. The Labute approximate surface area is 246 Å². The number of hydrogen-bond acceptors (Lipinski definition) is 8. The zero-order valence-electron chi connectivity index (χ0n) is 25.8. The lowest BCUT2D eigenvalue weighted by Gasteiger charge is -2.23. The van der Waals surface area contributed by atoms with Crippen molar-refractivity contribution in [1.82, 2.24) is 0 Å². The van der Waals surface area contributed by atoms with Crippen LogP contribution < -0.4 is 0 Å². The summed E-state index contributed by atoms with van der Waals surface area (Å²) < 4.78 is 4.94. The molecule has 5 N–H and O–H groups in total. The zero-order chi connectivity index (χ0) is 31.5. The molecule has 0 spiro atoms. The van der Waals surface area contributed by atoms with Crippen molar-refractivity contribution in [3.63, 3.8) is 0 Å². The number of hydrogen-bond donors (Lipinski definition) is 5. The summed E-state index contributed by atoms with van der Waals surface area (Å²) in [5.74, 6) is -3.68. The molecule has 9 heteroatoms. The van der Waals surface area contributed by atoms with Gasteiger partial charge in [0.1, 0.15) is 6.10 Å². The number of allylic oxidation sites excluding steroid dienone is 4. The van der Waals surface area contributed by atoms with E-state index in [-0.39, 0.29) is 17.3 Å². The molecule has 0 rings (SSSR count). The molecule has 0 aromatic carbocycles. The number of unbranched alkanes of at least 4 members (excludes halogenated alkanes) is 8. The van der Waals surface area contributed by atoms with Crippen molar-refractivity contribution in [3.05, 3.63) is 34.9 Å². The van der Waals surface area contributed by atoms with Gasteiger partial charge in [-0.1, -0.05) is 102 Å². The van der Waals surface area contributed by atoms with Gasteiger partial charge in [0.15, 0.2) is 18.0 Å². The molecule has 0 aromatic heterocycles. The predicted molar refractivity (Wildman–Crippen MR) is 159 cm³/mol. The van der Waals surface area contributed by atoms with Crippen LogP contribution in [0.4, 0.5) is 0 Å². The largest absolute Gasteiger partial charge is 0.479 e. The van der Waals surface area contributed by atoms with E-state index in [2.05, 4.69) is 6.92 Å². The number of rotatable bonds is 22. The summed E-state index contributed by atoms with van der Waals surface area (Å²) >= 11 is 0. The normalized spacial score (nSPS) is 17.4. The van der Waals surface area contributed by atoms with E-state index in [0.29, 0.717) is 5.57 Å². The molecule has 41 heavy (non-hydrogen) atoms. The van der Waals surface area contributed by atoms with Crippen LogP contribution in [0.3, 0.4) is 0 Å². The van der Waals surface area contributed by atoms with E-state index in [1.165, 1.54) is 57.9 Å². The summed E-state index contributed by atoms with van der Waals surface area (Å²) in [5.41, 5.74) is 1.34. The van der Waals surface area contributed by atoms with Crippen LogP contribution in [0.5, 0.6) is 0 Å². The Kier molecular flexibility index (Phi) is 20.2. The molecule has 6 atom stereocenters. The Balaban J connectivity index is 4.89. The van der Waals surface area contributed by atoms with Crippen molar-refractivity contribution in [2.45, 2.75) is 130 Å². The molecule has 0 aliphatic rings. The molecule has 0 unspecified atom stereocenters. The van der Waals surface area contributed by atoms with Crippen LogP contribution in [0.15, 0.2) is 34.9 Å². The van der Waals surface area contributed by atoms with Crippen molar-refractivity contribution < 1.29 is 44.7 Å². The zero-order valence-corrected chi connectivity index (χ0v) is 25.8. The van der Waals surface area contributed by atoms with Crippen molar-refractivity contribution in [3.8, 4) is 0 Å². The Morgan fingerprint density at radius 2 is 1.34 bits per heavy atom. The number of carbonyl (C=O) groups excluding carboxylic acids is 2. The lowest BCUT2D eigenvalue weighted by Crippen LogP contribution is -2.46. The summed E-state index contributed by atoms with van der Waals surface area (Å²) in [4.78, 5) is 36.1. The van der Waals surface area contributed by atoms with Gasteiger partial charge in [0, 0.05) is 17.4 Å². The highest BCUT2D eigenvalue weighted by molar-refractivity contribution is 5.99. The molecular formula is C32H54O9. The van der Waals surface area contributed by atoms with Crippen molar-refractivity contribution in [1.29, 1.82) is 0 Å². The van der Waals surface area contributed by atoms with Crippen LogP contribution in [0.1, 0.15) is 106 Å². The average Bonchev–Trinajstić information content (AvgIpc) is 2.92. The Bertz CT molecular complexity index is 890. The van der Waals surface area contributed by atoms with Crippen LogP contribution >= 0.6 is 0 Å². The van der Waals surface area contributed by atoms with Gasteiger partial charge in [-0.2, -0.15) is 0 Å². The van der Waals surface area contributed by atoms with E-state index < -0.39 is 48.9 Å². The van der Waals surface area contributed by atoms with Crippen LogP contribution in [0, 0.1) is 11.8 Å². The molecular weight excluding hydrogens is 528 g/mol. The standard InChI is InChI=1S/C32H54O9/c1-7-8-9-10-11-12-13-14-15-16-26(34)22(3)17-21(2)18-23(4)28(35)24(5)19-25(6)32(40)41-27(20-33)29(36)30(37)31(38)39/h17-19,22,24,26-27,29-30,33-34,36-37H,7-16,20H2,1-6H3,(H,38,39)/b21-17+,23-18+,25-19+/t22-,24+,26+,27+,29+,30-/m0/s1. The number of aliphatic carboxylic acids is 1. The smallest absolute Gasteiger partial charge is 0.335 e. The van der Waals surface area contributed by atoms with E-state index in [0.717, 1.165) is 24.8 Å². The molecule has 0 radical (unpaired) electrons. The van der Waals surface area contributed by atoms with Crippen molar-refractivity contribution in [2.75, 3.05) is 6.61 Å². The first kappa shape index (κ1) is 38.7. The quantitative estimate of drug-likeness (QED) is 0.0529. The van der Waals surface area contributed by atoms with Gasteiger partial charge < -0.3 is 30.3 Å². The lowest BCUT2D eigenvalue weighted by molar-refractivity contribution is -0.171. The second-order valence-corrected chi connectivity index (χ2v) is 11.2. The highest BCUT2D eigenvalue weighted by Crippen LogP contribution is 2.19. The van der Waals surface area contributed by atoms with Crippen molar-refractivity contribution >= 4 is 17.7 Å². The molecule has 0 fully saturated rings. The first-order valence-electron chi connectivity index (χ1n) is 14.9. The number of ether oxygens (including phenoxy) is 1. The maximum Gasteiger partial charge on any atom is 0.335 e. The first-order chi connectivity index (χ1) is 19.3. The average molecular weight is 583 g/mol. The maximum absolute atomic E-state index is 12.9. The number of ketones is 1. The summed E-state index contributed by atoms with van der Waals surface area (Å²) in [6.07, 6.45) is 10.5. The summed E-state index contributed by atoms with van der Waals surface area (Å²) in [6.45, 7) is 9.82. The highest BCUT2D eigenvalue weighted by atomic mass is 16.6. The third-order valence-corrected chi connectivity index (χ3v) is 7.20. The number of aliphatic hydroxyl groups excluding tert-OH is 4. The topological polar surface area (TPSA) is 162 Å². The lowest BCUT2D eigenvalue weighted by atomic mass is 9.94. The van der Waals surface area contributed by atoms with E-state index in [1.807, 2.05) is 19.9 Å². The van der Waals surface area contributed by atoms with Gasteiger partial charge in [0.2, 0.25) is 0 Å². The second kappa shape index (κ2) is 21.4. The Morgan fingerprint density at radius 1 is 0.805 bits per heavy atom. The molecule has 0 saturated heterocycles. The van der Waals surface area contributed by atoms with E-state index in [9.17, 15) is 34.8 Å². The fourth-order valence-corrected chi connectivity index (χ4v) is 4.59. The van der Waals surface area contributed by atoms with Gasteiger partial charge in [-0.25, -0.2) is 9.59 Å². The van der Waals surface area contributed by atoms with Gasteiger partial charge in [-0.15, -0.1) is 0 Å². The summed E-state index contributed by atoms with van der Waals surface area (Å²) in [6, 6.07) is 0. The molecule has 0 amide bonds. The Morgan fingerprint density at radius 3 is 1.85 bits per heavy atom. The fourth-order valence-electron chi connectivity index (χ4n) is 4.59. The second-order valence-electron chi connectivity index (χ2n) is 11.2. The van der Waals surface area contributed by atoms with Crippen LogP contribution in [-0.2, 0) is 19.1 Å². The molecule has 0 saturated carbocycles. The Hall–Kier alpha value is -2.33. The molecule has 9 nitrogen and oxygen atoms in total. The number of carbonyl (C=O) groups is 3. The van der Waals surface area contributed by atoms with E-state index >= 15 is 0 Å². The van der Waals surface area contributed by atoms with Gasteiger partial charge >= 0.3 is 11.9 Å². The van der Waals surface area contributed by atoms with Crippen LogP contribution in [0.25, 0.3) is 0 Å². The number of esters is 1. The molecule has 0 aromatic rings. The number of aliphatic hydroxyl groups is 4. The maximum atomic E-state index is 12.9. The summed E-state index contributed by atoms with van der Waals surface area (Å²) in [7, 11) is 0. The minimum Gasteiger partial charge on any atom is -0.479 e. The molecule has 0 aliphatic carbocycles. The monoisotopic (exact) mass is 582 g/mol. The number of carboxylic acid groups (broad SMARTS) is 1. The van der Waals surface area contributed by atoms with Gasteiger partial charge in [0.25, 0.3) is 0 Å². The van der Waals surface area contributed by atoms with Crippen molar-refractivity contribution in [2.24, 2.45) is 11.8 Å². The highest BCUT2D eigenvalue weighted by Gasteiger charge is 2.33. The SMILES string of the molecule is CCCCCCCCCCC[C@@H](O)[C@@H](C)/C=C(C)/C=C(\C)C(=O)[C@H](C)/C=C(\C)C(=O)O[C@H](CO)[C@@H](O)[C@H](O)C(=O)O. The molecule has 236 valence electrons. The molecule has 0 heterocycles. The fraction of sp³-hybridized carbons (Fsp3) is 0.719.